The molecule has 7 heteroatoms. The minimum Gasteiger partial charge on any atom is -0.375 e. The third kappa shape index (κ3) is 3.55. The number of hydrogen-bond donors (Lipinski definition) is 2. The van der Waals surface area contributed by atoms with Gasteiger partial charge < -0.3 is 20.3 Å². The predicted octanol–water partition coefficient (Wildman–Crippen LogP) is 1.33. The van der Waals surface area contributed by atoms with Crippen LogP contribution >= 0.6 is 11.6 Å². The maximum absolute atomic E-state index is 12.8. The van der Waals surface area contributed by atoms with Crippen LogP contribution in [-0.2, 0) is 14.3 Å². The molecule has 0 spiro atoms. The van der Waals surface area contributed by atoms with Crippen molar-refractivity contribution in [3.63, 3.8) is 0 Å². The first kappa shape index (κ1) is 17.2. The molecule has 3 rings (SSSR count). The van der Waals surface area contributed by atoms with E-state index in [-0.39, 0.29) is 17.9 Å². The van der Waals surface area contributed by atoms with Gasteiger partial charge in [0.05, 0.1) is 23.4 Å². The van der Waals surface area contributed by atoms with E-state index >= 15 is 0 Å². The highest BCUT2D eigenvalue weighted by molar-refractivity contribution is 6.33. The number of benzene rings is 1. The Morgan fingerprint density at radius 1 is 1.42 bits per heavy atom. The molecule has 6 nitrogen and oxygen atoms in total. The molecule has 0 saturated carbocycles. The van der Waals surface area contributed by atoms with E-state index < -0.39 is 12.1 Å². The van der Waals surface area contributed by atoms with E-state index in [1.807, 2.05) is 25.1 Å². The molecule has 2 saturated heterocycles. The third-order valence-corrected chi connectivity index (χ3v) is 4.82. The molecule has 0 aliphatic carbocycles. The Balaban J connectivity index is 1.69. The Morgan fingerprint density at radius 3 is 2.96 bits per heavy atom. The van der Waals surface area contributed by atoms with Crippen molar-refractivity contribution in [2.45, 2.75) is 38.0 Å². The Morgan fingerprint density at radius 2 is 2.21 bits per heavy atom. The van der Waals surface area contributed by atoms with E-state index in [0.29, 0.717) is 36.8 Å². The number of amides is 2. The number of nitrogens with one attached hydrogen (secondary N) is 2. The van der Waals surface area contributed by atoms with Gasteiger partial charge in [-0.15, -0.1) is 0 Å². The summed E-state index contributed by atoms with van der Waals surface area (Å²) >= 11 is 6.21. The zero-order chi connectivity index (χ0) is 17.1. The molecule has 2 N–H and O–H groups in total. The largest absolute Gasteiger partial charge is 0.375 e. The van der Waals surface area contributed by atoms with E-state index in [9.17, 15) is 9.59 Å². The van der Waals surface area contributed by atoms with Crippen LogP contribution in [0.5, 0.6) is 0 Å². The molecular formula is C17H22ClN3O3. The van der Waals surface area contributed by atoms with Crippen molar-refractivity contribution in [3.8, 4) is 0 Å². The summed E-state index contributed by atoms with van der Waals surface area (Å²) in [6.45, 7) is 3.69. The lowest BCUT2D eigenvalue weighted by Crippen LogP contribution is -2.60. The molecule has 2 aliphatic rings. The molecule has 1 unspecified atom stereocenters. The SMILES string of the molecule is C[C@H]1OCCN[C@@H]1C(=O)NC1CCCN(c2ccccc2Cl)C1=O. The van der Waals surface area contributed by atoms with Crippen molar-refractivity contribution in [1.29, 1.82) is 0 Å². The molecule has 2 amide bonds. The summed E-state index contributed by atoms with van der Waals surface area (Å²) in [5.74, 6) is -0.311. The number of halogens is 1. The first-order valence-corrected chi connectivity index (χ1v) is 8.67. The van der Waals surface area contributed by atoms with Crippen molar-refractivity contribution in [1.82, 2.24) is 10.6 Å². The lowest BCUT2D eigenvalue weighted by molar-refractivity contribution is -0.133. The average molecular weight is 352 g/mol. The number of carbonyl (C=O) groups excluding carboxylic acids is 2. The number of carbonyl (C=O) groups is 2. The van der Waals surface area contributed by atoms with Crippen LogP contribution in [0.2, 0.25) is 5.02 Å². The second-order valence-electron chi connectivity index (χ2n) is 6.15. The second kappa shape index (κ2) is 7.51. The molecular weight excluding hydrogens is 330 g/mol. The van der Waals surface area contributed by atoms with Crippen LogP contribution in [0, 0.1) is 0 Å². The fourth-order valence-corrected chi connectivity index (χ4v) is 3.45. The number of morpholine rings is 1. The van der Waals surface area contributed by atoms with Crippen LogP contribution in [0.15, 0.2) is 24.3 Å². The topological polar surface area (TPSA) is 70.7 Å². The van der Waals surface area contributed by atoms with Crippen LogP contribution in [-0.4, -0.2) is 49.7 Å². The number of ether oxygens (including phenoxy) is 1. The van der Waals surface area contributed by atoms with Crippen molar-refractivity contribution >= 4 is 29.1 Å². The standard InChI is InChI=1S/C17H22ClN3O3/c1-11-15(19-8-10-24-11)16(22)20-13-6-4-9-21(17(13)23)14-7-3-2-5-12(14)18/h2-3,5,7,11,13,15,19H,4,6,8-10H2,1H3,(H,20,22)/t11-,13?,15+/m1/s1. The Kier molecular flexibility index (Phi) is 5.38. The van der Waals surface area contributed by atoms with Gasteiger partial charge in [-0.2, -0.15) is 0 Å². The van der Waals surface area contributed by atoms with Gasteiger partial charge in [-0.1, -0.05) is 23.7 Å². The first-order valence-electron chi connectivity index (χ1n) is 8.29. The molecule has 1 aromatic rings. The summed E-state index contributed by atoms with van der Waals surface area (Å²) in [7, 11) is 0. The molecule has 3 atom stereocenters. The van der Waals surface area contributed by atoms with E-state index in [4.69, 9.17) is 16.3 Å². The van der Waals surface area contributed by atoms with E-state index in [1.165, 1.54) is 0 Å². The minimum atomic E-state index is -0.529. The molecule has 0 aromatic heterocycles. The van der Waals surface area contributed by atoms with E-state index in [2.05, 4.69) is 10.6 Å². The monoisotopic (exact) mass is 351 g/mol. The Bertz CT molecular complexity index is 625. The van der Waals surface area contributed by atoms with Gasteiger partial charge in [0.25, 0.3) is 0 Å². The highest BCUT2D eigenvalue weighted by Gasteiger charge is 2.35. The number of nitrogens with zero attached hydrogens (tertiary/aromatic N) is 1. The molecule has 0 bridgehead atoms. The normalized spacial score (nSPS) is 27.8. The molecule has 2 fully saturated rings. The van der Waals surface area contributed by atoms with Crippen LogP contribution in [0.25, 0.3) is 0 Å². The van der Waals surface area contributed by atoms with Gasteiger partial charge in [0.1, 0.15) is 12.1 Å². The minimum absolute atomic E-state index is 0.118. The van der Waals surface area contributed by atoms with Gasteiger partial charge in [-0.3, -0.25) is 9.59 Å². The van der Waals surface area contributed by atoms with Gasteiger partial charge in [0.15, 0.2) is 0 Å². The van der Waals surface area contributed by atoms with Gasteiger partial charge in [-0.25, -0.2) is 0 Å². The van der Waals surface area contributed by atoms with E-state index in [0.717, 1.165) is 6.42 Å². The summed E-state index contributed by atoms with van der Waals surface area (Å²) in [5.41, 5.74) is 0.690. The first-order chi connectivity index (χ1) is 11.6. The summed E-state index contributed by atoms with van der Waals surface area (Å²) in [4.78, 5) is 26.9. The van der Waals surface area contributed by atoms with Crippen LogP contribution in [0.4, 0.5) is 5.69 Å². The van der Waals surface area contributed by atoms with Crippen molar-refractivity contribution in [2.75, 3.05) is 24.6 Å². The molecule has 2 heterocycles. The second-order valence-corrected chi connectivity index (χ2v) is 6.56. The molecule has 24 heavy (non-hydrogen) atoms. The number of para-hydroxylation sites is 1. The molecule has 1 aromatic carbocycles. The van der Waals surface area contributed by atoms with Crippen molar-refractivity contribution < 1.29 is 14.3 Å². The zero-order valence-electron chi connectivity index (χ0n) is 13.6. The van der Waals surface area contributed by atoms with Gasteiger partial charge >= 0.3 is 0 Å². The smallest absolute Gasteiger partial charge is 0.249 e. The summed E-state index contributed by atoms with van der Waals surface area (Å²) in [6, 6.07) is 6.30. The van der Waals surface area contributed by atoms with E-state index in [1.54, 1.807) is 11.0 Å². The number of hydrogen-bond acceptors (Lipinski definition) is 4. The average Bonchev–Trinajstić information content (AvgIpc) is 2.58. The molecule has 2 aliphatic heterocycles. The van der Waals surface area contributed by atoms with Crippen LogP contribution in [0.1, 0.15) is 19.8 Å². The summed E-state index contributed by atoms with van der Waals surface area (Å²) < 4.78 is 5.50. The van der Waals surface area contributed by atoms with Gasteiger partial charge in [-0.05, 0) is 31.9 Å². The third-order valence-electron chi connectivity index (χ3n) is 4.50. The summed E-state index contributed by atoms with van der Waals surface area (Å²) in [5, 5.41) is 6.55. The van der Waals surface area contributed by atoms with Crippen molar-refractivity contribution in [3.05, 3.63) is 29.3 Å². The van der Waals surface area contributed by atoms with Crippen LogP contribution in [0.3, 0.4) is 0 Å². The number of rotatable bonds is 3. The Labute approximate surface area is 146 Å². The van der Waals surface area contributed by atoms with Crippen molar-refractivity contribution in [2.24, 2.45) is 0 Å². The maximum Gasteiger partial charge on any atom is 0.249 e. The predicted molar refractivity (Wildman–Crippen MR) is 92.2 cm³/mol. The molecule has 0 radical (unpaired) electrons. The zero-order valence-corrected chi connectivity index (χ0v) is 14.4. The van der Waals surface area contributed by atoms with Gasteiger partial charge in [0, 0.05) is 13.1 Å². The lowest BCUT2D eigenvalue weighted by atomic mass is 10.0. The fraction of sp³-hybridized carbons (Fsp3) is 0.529. The quantitative estimate of drug-likeness (QED) is 0.862. The Hall–Kier alpha value is -1.63. The number of anilines is 1. The highest BCUT2D eigenvalue weighted by Crippen LogP contribution is 2.28. The number of piperidine rings is 1. The fourth-order valence-electron chi connectivity index (χ4n) is 3.21. The summed E-state index contributed by atoms with van der Waals surface area (Å²) in [6.07, 6.45) is 1.23. The highest BCUT2D eigenvalue weighted by atomic mass is 35.5. The molecule has 130 valence electrons. The van der Waals surface area contributed by atoms with Crippen LogP contribution < -0.4 is 15.5 Å². The van der Waals surface area contributed by atoms with Gasteiger partial charge in [0.2, 0.25) is 11.8 Å². The maximum atomic E-state index is 12.8. The lowest BCUT2D eigenvalue weighted by Gasteiger charge is -2.35.